The van der Waals surface area contributed by atoms with Crippen LogP contribution in [0.1, 0.15) is 27.7 Å². The number of likely N-dealkylation sites (tertiary alicyclic amines) is 1. The highest BCUT2D eigenvalue weighted by molar-refractivity contribution is 5.81. The molecular formula is C14H25N5. The van der Waals surface area contributed by atoms with Crippen LogP contribution in [0.25, 0.3) is 0 Å². The number of imidazole rings is 1. The molecule has 1 fully saturated rings. The first-order valence-electron chi connectivity index (χ1n) is 6.82. The zero-order chi connectivity index (χ0) is 14.1. The molecule has 5 nitrogen and oxygen atoms in total. The molecule has 1 aliphatic rings. The molecule has 0 aromatic carbocycles. The Morgan fingerprint density at radius 1 is 1.37 bits per heavy atom. The second-order valence-electron chi connectivity index (χ2n) is 6.30. The Balaban J connectivity index is 1.89. The van der Waals surface area contributed by atoms with Crippen LogP contribution >= 0.6 is 0 Å². The Bertz CT molecular complexity index is 444. The van der Waals surface area contributed by atoms with E-state index in [-0.39, 0.29) is 5.54 Å². The van der Waals surface area contributed by atoms with Gasteiger partial charge in [0.2, 0.25) is 0 Å². The highest BCUT2D eigenvalue weighted by Crippen LogP contribution is 2.46. The largest absolute Gasteiger partial charge is 0.354 e. The van der Waals surface area contributed by atoms with Crippen LogP contribution in [0.15, 0.2) is 23.7 Å². The summed E-state index contributed by atoms with van der Waals surface area (Å²) in [7, 11) is 1.85. The van der Waals surface area contributed by atoms with Crippen LogP contribution in [-0.2, 0) is 6.54 Å². The van der Waals surface area contributed by atoms with E-state index in [1.54, 1.807) is 6.20 Å². The number of aliphatic imine (C=N–C) groups is 1. The molecule has 2 heterocycles. The number of hydrogen-bond acceptors (Lipinski definition) is 2. The molecule has 1 N–H and O–H groups in total. The number of nitrogens with one attached hydrogen (secondary N) is 1. The van der Waals surface area contributed by atoms with Crippen LogP contribution in [-0.4, -0.2) is 46.1 Å². The van der Waals surface area contributed by atoms with Crippen molar-refractivity contribution in [3.63, 3.8) is 0 Å². The lowest BCUT2D eigenvalue weighted by atomic mass is 9.65. The minimum atomic E-state index is 0.143. The lowest BCUT2D eigenvalue weighted by Gasteiger charge is -2.62. The molecule has 1 aliphatic heterocycles. The van der Waals surface area contributed by atoms with E-state index in [1.807, 2.05) is 19.6 Å². The van der Waals surface area contributed by atoms with E-state index < -0.39 is 0 Å². The van der Waals surface area contributed by atoms with Crippen molar-refractivity contribution in [1.29, 1.82) is 0 Å². The maximum atomic E-state index is 4.40. The van der Waals surface area contributed by atoms with Gasteiger partial charge in [0.15, 0.2) is 5.96 Å². The summed E-state index contributed by atoms with van der Waals surface area (Å²) >= 11 is 0. The molecule has 0 spiro atoms. The molecule has 0 bridgehead atoms. The smallest absolute Gasteiger partial charge is 0.194 e. The van der Waals surface area contributed by atoms with Gasteiger partial charge in [-0.3, -0.25) is 4.99 Å². The first-order valence-corrected chi connectivity index (χ1v) is 6.82. The molecule has 0 unspecified atom stereocenters. The summed E-state index contributed by atoms with van der Waals surface area (Å²) in [6, 6.07) is 0. The van der Waals surface area contributed by atoms with Crippen molar-refractivity contribution in [2.24, 2.45) is 10.4 Å². The van der Waals surface area contributed by atoms with E-state index in [2.05, 4.69) is 52.5 Å². The molecule has 1 aromatic rings. The van der Waals surface area contributed by atoms with Crippen molar-refractivity contribution in [2.75, 3.05) is 20.1 Å². The quantitative estimate of drug-likeness (QED) is 0.665. The van der Waals surface area contributed by atoms with Crippen LogP contribution in [0.3, 0.4) is 0 Å². The molecular weight excluding hydrogens is 238 g/mol. The van der Waals surface area contributed by atoms with Crippen LogP contribution in [0.5, 0.6) is 0 Å². The zero-order valence-corrected chi connectivity index (χ0v) is 12.6. The third kappa shape index (κ3) is 2.46. The highest BCUT2D eigenvalue weighted by atomic mass is 15.4. The first kappa shape index (κ1) is 13.9. The number of hydrogen-bond donors (Lipinski definition) is 1. The van der Waals surface area contributed by atoms with E-state index in [0.717, 1.165) is 25.6 Å². The SMILES string of the molecule is CN=C(NCCn1ccnc1)N1CC(C)(C)C1(C)C. The van der Waals surface area contributed by atoms with E-state index in [1.165, 1.54) is 0 Å². The van der Waals surface area contributed by atoms with Crippen LogP contribution in [0, 0.1) is 5.41 Å². The Hall–Kier alpha value is -1.52. The van der Waals surface area contributed by atoms with Gasteiger partial charge < -0.3 is 14.8 Å². The molecule has 0 radical (unpaired) electrons. The van der Waals surface area contributed by atoms with Gasteiger partial charge in [-0.2, -0.15) is 0 Å². The minimum absolute atomic E-state index is 0.143. The fourth-order valence-electron chi connectivity index (χ4n) is 2.41. The summed E-state index contributed by atoms with van der Waals surface area (Å²) in [5.41, 5.74) is 0.471. The third-order valence-electron chi connectivity index (χ3n) is 4.56. The van der Waals surface area contributed by atoms with Crippen LogP contribution in [0.4, 0.5) is 0 Å². The molecule has 0 amide bonds. The predicted octanol–water partition coefficient (Wildman–Crippen LogP) is 1.58. The van der Waals surface area contributed by atoms with Gasteiger partial charge in [-0.25, -0.2) is 4.98 Å². The molecule has 106 valence electrons. The second kappa shape index (κ2) is 4.87. The average molecular weight is 263 g/mol. The summed E-state index contributed by atoms with van der Waals surface area (Å²) in [5.74, 6) is 0.990. The van der Waals surface area contributed by atoms with E-state index in [0.29, 0.717) is 5.41 Å². The van der Waals surface area contributed by atoms with Gasteiger partial charge in [0.25, 0.3) is 0 Å². The lowest BCUT2D eigenvalue weighted by molar-refractivity contribution is -0.0667. The van der Waals surface area contributed by atoms with Crippen LogP contribution < -0.4 is 5.32 Å². The number of guanidine groups is 1. The van der Waals surface area contributed by atoms with Gasteiger partial charge in [-0.15, -0.1) is 0 Å². The summed E-state index contributed by atoms with van der Waals surface area (Å²) in [4.78, 5) is 10.8. The molecule has 0 aliphatic carbocycles. The predicted molar refractivity (Wildman–Crippen MR) is 78.2 cm³/mol. The maximum Gasteiger partial charge on any atom is 0.194 e. The van der Waals surface area contributed by atoms with Crippen molar-refractivity contribution in [3.05, 3.63) is 18.7 Å². The summed E-state index contributed by atoms with van der Waals surface area (Å²) in [6.45, 7) is 12.0. The van der Waals surface area contributed by atoms with Crippen LogP contribution in [0.2, 0.25) is 0 Å². The van der Waals surface area contributed by atoms with Gasteiger partial charge in [-0.1, -0.05) is 13.8 Å². The number of rotatable bonds is 3. The summed E-state index contributed by atoms with van der Waals surface area (Å²) in [5, 5.41) is 3.43. The minimum Gasteiger partial charge on any atom is -0.354 e. The molecule has 2 rings (SSSR count). The standard InChI is InChI=1S/C14H25N5/c1-13(2)10-19(14(13,3)4)12(15-5)17-7-9-18-8-6-16-11-18/h6,8,11H,7,9-10H2,1-5H3,(H,15,17). The van der Waals surface area contributed by atoms with Gasteiger partial charge in [0.1, 0.15) is 0 Å². The number of aromatic nitrogens is 2. The van der Waals surface area contributed by atoms with Crippen molar-refractivity contribution >= 4 is 5.96 Å². The van der Waals surface area contributed by atoms with E-state index in [4.69, 9.17) is 0 Å². The summed E-state index contributed by atoms with van der Waals surface area (Å²) < 4.78 is 2.06. The van der Waals surface area contributed by atoms with Crippen molar-refractivity contribution in [2.45, 2.75) is 39.8 Å². The Kier molecular flexibility index (Phi) is 3.56. The molecule has 0 saturated carbocycles. The fraction of sp³-hybridized carbons (Fsp3) is 0.714. The first-order chi connectivity index (χ1) is 8.88. The summed E-state index contributed by atoms with van der Waals surface area (Å²) in [6.07, 6.45) is 5.61. The highest BCUT2D eigenvalue weighted by Gasteiger charge is 2.53. The van der Waals surface area contributed by atoms with Crippen molar-refractivity contribution in [1.82, 2.24) is 19.8 Å². The van der Waals surface area contributed by atoms with E-state index in [9.17, 15) is 0 Å². The second-order valence-corrected chi connectivity index (χ2v) is 6.30. The Labute approximate surface area is 115 Å². The topological polar surface area (TPSA) is 45.5 Å². The van der Waals surface area contributed by atoms with E-state index >= 15 is 0 Å². The Morgan fingerprint density at radius 2 is 2.11 bits per heavy atom. The third-order valence-corrected chi connectivity index (χ3v) is 4.56. The maximum absolute atomic E-state index is 4.40. The molecule has 5 heteroatoms. The van der Waals surface area contributed by atoms with Crippen molar-refractivity contribution < 1.29 is 0 Å². The Morgan fingerprint density at radius 3 is 2.58 bits per heavy atom. The molecule has 19 heavy (non-hydrogen) atoms. The fourth-order valence-corrected chi connectivity index (χ4v) is 2.41. The molecule has 1 saturated heterocycles. The normalized spacial score (nSPS) is 21.1. The van der Waals surface area contributed by atoms with Gasteiger partial charge >= 0.3 is 0 Å². The molecule has 1 aromatic heterocycles. The van der Waals surface area contributed by atoms with Gasteiger partial charge in [0.05, 0.1) is 6.33 Å². The number of nitrogens with zero attached hydrogens (tertiary/aromatic N) is 4. The van der Waals surface area contributed by atoms with Gasteiger partial charge in [-0.05, 0) is 13.8 Å². The van der Waals surface area contributed by atoms with Gasteiger partial charge in [0, 0.05) is 50.0 Å². The zero-order valence-electron chi connectivity index (χ0n) is 12.6. The van der Waals surface area contributed by atoms with Crippen molar-refractivity contribution in [3.8, 4) is 0 Å². The molecule has 0 atom stereocenters. The average Bonchev–Trinajstić information content (AvgIpc) is 2.85. The monoisotopic (exact) mass is 263 g/mol. The lowest BCUT2D eigenvalue weighted by Crippen LogP contribution is -2.72.